The topological polar surface area (TPSA) is 0 Å². The SMILES string of the molecule is Cc1cc(C)c2c(c1C1=CC=CC1)[CH]([Zr+2]=[C](c1ccccc1)c1ccccc1)c1ccccc1-2.[Cl-].[Cl-]. The molecule has 0 aliphatic heterocycles. The largest absolute Gasteiger partial charge is 1.00 e. The number of halogens is 2. The first-order valence-electron chi connectivity index (χ1n) is 12.1. The van der Waals surface area contributed by atoms with Gasteiger partial charge < -0.3 is 24.8 Å². The van der Waals surface area contributed by atoms with E-state index in [-0.39, 0.29) is 24.8 Å². The third kappa shape index (κ3) is 4.70. The normalized spacial score (nSPS) is 14.6. The number of fused-ring (bicyclic) bond motifs is 3. The van der Waals surface area contributed by atoms with E-state index in [9.17, 15) is 0 Å². The molecular weight excluding hydrogens is 558 g/mol. The molecule has 4 aromatic carbocycles. The fourth-order valence-electron chi connectivity index (χ4n) is 5.69. The molecule has 0 saturated heterocycles. The number of hydrogen-bond acceptors (Lipinski definition) is 0. The van der Waals surface area contributed by atoms with Crippen molar-refractivity contribution in [1.29, 1.82) is 0 Å². The molecule has 0 nitrogen and oxygen atoms in total. The summed E-state index contributed by atoms with van der Waals surface area (Å²) < 4.78 is 2.08. The van der Waals surface area contributed by atoms with Gasteiger partial charge in [0.15, 0.2) is 0 Å². The fourth-order valence-corrected chi connectivity index (χ4v) is 10.1. The molecule has 0 amide bonds. The van der Waals surface area contributed by atoms with E-state index in [2.05, 4.69) is 123 Å². The smallest absolute Gasteiger partial charge is 1.00 e. The van der Waals surface area contributed by atoms with Gasteiger partial charge in [-0.2, -0.15) is 0 Å². The number of benzene rings is 4. The van der Waals surface area contributed by atoms with Crippen LogP contribution in [0.4, 0.5) is 0 Å². The Morgan fingerprint density at radius 1 is 0.722 bits per heavy atom. The summed E-state index contributed by atoms with van der Waals surface area (Å²) >= 11 is -1.11. The minimum atomic E-state index is -1.11. The average molecular weight is 586 g/mol. The summed E-state index contributed by atoms with van der Waals surface area (Å²) in [6, 6.07) is 33.8. The number of rotatable bonds is 4. The van der Waals surface area contributed by atoms with Crippen LogP contribution in [-0.2, 0) is 22.8 Å². The summed E-state index contributed by atoms with van der Waals surface area (Å²) in [7, 11) is 0. The molecule has 0 saturated carbocycles. The molecular formula is C33H27Cl2Zr. The van der Waals surface area contributed by atoms with E-state index in [1.807, 2.05) is 0 Å². The van der Waals surface area contributed by atoms with Gasteiger partial charge in [-0.3, -0.25) is 0 Å². The molecule has 0 heterocycles. The monoisotopic (exact) mass is 583 g/mol. The summed E-state index contributed by atoms with van der Waals surface area (Å²) in [6.07, 6.45) is 7.90. The van der Waals surface area contributed by atoms with Crippen LogP contribution in [0.15, 0.2) is 109 Å². The number of allylic oxidation sites excluding steroid dienone is 4. The van der Waals surface area contributed by atoms with Crippen LogP contribution in [0.3, 0.4) is 0 Å². The van der Waals surface area contributed by atoms with Gasteiger partial charge in [0.05, 0.1) is 0 Å². The van der Waals surface area contributed by atoms with E-state index >= 15 is 0 Å². The Balaban J connectivity index is 0.00000152. The maximum Gasteiger partial charge on any atom is -1.00 e. The minimum Gasteiger partial charge on any atom is -1.00 e. The Kier molecular flexibility index (Phi) is 8.46. The van der Waals surface area contributed by atoms with Crippen molar-refractivity contribution >= 4 is 8.78 Å². The third-order valence-corrected chi connectivity index (χ3v) is 11.4. The zero-order chi connectivity index (χ0) is 23.1. The van der Waals surface area contributed by atoms with Crippen molar-refractivity contribution in [2.45, 2.75) is 23.9 Å². The number of aryl methyl sites for hydroxylation is 2. The molecule has 2 aliphatic carbocycles. The first-order chi connectivity index (χ1) is 16.7. The van der Waals surface area contributed by atoms with E-state index in [1.54, 1.807) is 8.77 Å². The van der Waals surface area contributed by atoms with Crippen molar-refractivity contribution in [3.63, 3.8) is 0 Å². The average Bonchev–Trinajstić information content (AvgIpc) is 3.51. The second-order valence-corrected chi connectivity index (χ2v) is 12.6. The van der Waals surface area contributed by atoms with E-state index in [1.165, 1.54) is 50.1 Å². The molecule has 177 valence electrons. The Hall–Kier alpha value is -2.31. The van der Waals surface area contributed by atoms with Crippen LogP contribution in [0.1, 0.15) is 49.0 Å². The van der Waals surface area contributed by atoms with Gasteiger partial charge in [0.1, 0.15) is 0 Å². The second-order valence-electron chi connectivity index (χ2n) is 9.27. The molecule has 6 rings (SSSR count). The molecule has 0 N–H and O–H groups in total. The molecule has 0 aromatic heterocycles. The van der Waals surface area contributed by atoms with Crippen LogP contribution in [0.25, 0.3) is 16.7 Å². The van der Waals surface area contributed by atoms with Crippen LogP contribution in [0, 0.1) is 13.8 Å². The van der Waals surface area contributed by atoms with Crippen molar-refractivity contribution in [2.24, 2.45) is 0 Å². The van der Waals surface area contributed by atoms with Crippen molar-refractivity contribution in [2.75, 3.05) is 0 Å². The summed E-state index contributed by atoms with van der Waals surface area (Å²) in [4.78, 5) is 0. The van der Waals surface area contributed by atoms with Crippen molar-refractivity contribution in [3.8, 4) is 11.1 Å². The van der Waals surface area contributed by atoms with E-state index in [0.29, 0.717) is 3.63 Å². The standard InChI is InChI=1S/C20H17.C13H10.2ClH.Zr/c1-13-11-14(2)20-17-10-6-5-9-16(17)12-18(20)19(13)15-7-3-4-8-15;1-3-7-12(8-4-1)11-13-9-5-2-6-10-13;;;/h3-7,9-12H,8H2,1-2H3;1-10H;2*1H;/q;;;;+2/p-2. The van der Waals surface area contributed by atoms with Crippen LogP contribution >= 0.6 is 0 Å². The van der Waals surface area contributed by atoms with Crippen LogP contribution in [-0.4, -0.2) is 3.21 Å². The van der Waals surface area contributed by atoms with E-state index < -0.39 is 22.8 Å². The quantitative estimate of drug-likeness (QED) is 0.344. The van der Waals surface area contributed by atoms with Crippen molar-refractivity contribution in [3.05, 3.63) is 148 Å². The zero-order valence-corrected chi connectivity index (χ0v) is 24.4. The van der Waals surface area contributed by atoms with Crippen molar-refractivity contribution < 1.29 is 47.6 Å². The van der Waals surface area contributed by atoms with Gasteiger partial charge in [-0.1, -0.05) is 0 Å². The summed E-state index contributed by atoms with van der Waals surface area (Å²) in [5.74, 6) is 0. The van der Waals surface area contributed by atoms with Gasteiger partial charge in [-0.25, -0.2) is 0 Å². The van der Waals surface area contributed by atoms with E-state index in [4.69, 9.17) is 0 Å². The van der Waals surface area contributed by atoms with Crippen LogP contribution in [0.2, 0.25) is 0 Å². The minimum absolute atomic E-state index is 0. The molecule has 0 radical (unpaired) electrons. The van der Waals surface area contributed by atoms with Gasteiger partial charge in [0.25, 0.3) is 0 Å². The Bertz CT molecular complexity index is 1440. The fraction of sp³-hybridized carbons (Fsp3) is 0.121. The van der Waals surface area contributed by atoms with Gasteiger partial charge in [0, 0.05) is 0 Å². The molecule has 1 atom stereocenters. The molecule has 0 fully saturated rings. The predicted molar refractivity (Wildman–Crippen MR) is 141 cm³/mol. The van der Waals surface area contributed by atoms with Crippen LogP contribution < -0.4 is 24.8 Å². The van der Waals surface area contributed by atoms with Gasteiger partial charge in [-0.05, 0) is 0 Å². The van der Waals surface area contributed by atoms with Crippen molar-refractivity contribution in [1.82, 2.24) is 0 Å². The maximum atomic E-state index is 2.41. The maximum absolute atomic E-state index is 2.41. The third-order valence-electron chi connectivity index (χ3n) is 7.10. The summed E-state index contributed by atoms with van der Waals surface area (Å²) in [5, 5.41) is 0. The predicted octanol–water partition coefficient (Wildman–Crippen LogP) is 2.08. The Morgan fingerprint density at radius 2 is 1.31 bits per heavy atom. The molecule has 1 unspecified atom stereocenters. The zero-order valence-electron chi connectivity index (χ0n) is 20.4. The Labute approximate surface area is 238 Å². The van der Waals surface area contributed by atoms with E-state index in [0.717, 1.165) is 6.42 Å². The molecule has 0 bridgehead atoms. The Morgan fingerprint density at radius 3 is 1.92 bits per heavy atom. The molecule has 4 aromatic rings. The molecule has 0 spiro atoms. The molecule has 2 aliphatic rings. The van der Waals surface area contributed by atoms with Crippen LogP contribution in [0.5, 0.6) is 0 Å². The summed E-state index contributed by atoms with van der Waals surface area (Å²) in [6.45, 7) is 4.62. The first-order valence-corrected chi connectivity index (χ1v) is 14.7. The summed E-state index contributed by atoms with van der Waals surface area (Å²) in [5.41, 5.74) is 14.7. The van der Waals surface area contributed by atoms with Gasteiger partial charge in [-0.15, -0.1) is 0 Å². The molecule has 3 heteroatoms. The molecule has 36 heavy (non-hydrogen) atoms. The number of hydrogen-bond donors (Lipinski definition) is 0. The van der Waals surface area contributed by atoms with Gasteiger partial charge in [0.2, 0.25) is 0 Å². The second kappa shape index (κ2) is 11.4. The van der Waals surface area contributed by atoms with Gasteiger partial charge >= 0.3 is 215 Å². The first kappa shape index (κ1) is 26.7.